The Morgan fingerprint density at radius 1 is 1.20 bits per heavy atom. The van der Waals surface area contributed by atoms with E-state index in [0.29, 0.717) is 5.41 Å². The van der Waals surface area contributed by atoms with Crippen LogP contribution < -0.4 is 0 Å². The van der Waals surface area contributed by atoms with Crippen molar-refractivity contribution in [2.24, 2.45) is 5.41 Å². The number of hydrogen-bond donors (Lipinski definition) is 0. The summed E-state index contributed by atoms with van der Waals surface area (Å²) >= 11 is 0. The van der Waals surface area contributed by atoms with Crippen molar-refractivity contribution in [1.29, 1.82) is 0 Å². The van der Waals surface area contributed by atoms with E-state index in [9.17, 15) is 0 Å². The summed E-state index contributed by atoms with van der Waals surface area (Å²) in [5.41, 5.74) is 0.467. The van der Waals surface area contributed by atoms with Gasteiger partial charge in [0, 0.05) is 32.7 Å². The summed E-state index contributed by atoms with van der Waals surface area (Å²) in [6, 6.07) is 0. The topological polar surface area (TPSA) is 0 Å². The molecule has 0 N–H and O–H groups in total. The molecule has 10 heavy (non-hydrogen) atoms. The summed E-state index contributed by atoms with van der Waals surface area (Å²) < 4.78 is 0. The Kier molecular flexibility index (Phi) is 7.82. The Morgan fingerprint density at radius 2 is 1.60 bits per heavy atom. The van der Waals surface area contributed by atoms with Crippen LogP contribution in [-0.4, -0.2) is 0 Å². The van der Waals surface area contributed by atoms with E-state index in [1.807, 2.05) is 0 Å². The maximum atomic E-state index is 2.31. The van der Waals surface area contributed by atoms with E-state index in [1.165, 1.54) is 12.8 Å². The van der Waals surface area contributed by atoms with Crippen LogP contribution in [0.25, 0.3) is 0 Å². The van der Waals surface area contributed by atoms with Gasteiger partial charge in [0.2, 0.25) is 0 Å². The van der Waals surface area contributed by atoms with Gasteiger partial charge in [-0.3, -0.25) is 0 Å². The summed E-state index contributed by atoms with van der Waals surface area (Å²) in [5.74, 6) is 1.62. The number of hydrogen-bond acceptors (Lipinski definition) is 0. The largest absolute Gasteiger partial charge is 0.311 e. The predicted octanol–water partition coefficient (Wildman–Crippen LogP) is 3.42. The summed E-state index contributed by atoms with van der Waals surface area (Å²) in [6.45, 7) is 11.4. The van der Waals surface area contributed by atoms with E-state index in [1.54, 1.807) is 5.92 Å². The molecule has 0 spiro atoms. The molecule has 59 valence electrons. The smallest absolute Gasteiger partial charge is 0 e. The fraction of sp³-hybridized carbons (Fsp3) is 0.889. The third-order valence-corrected chi connectivity index (χ3v) is 2.57. The van der Waals surface area contributed by atoms with Gasteiger partial charge in [-0.05, 0) is 0 Å². The van der Waals surface area contributed by atoms with Crippen LogP contribution in [0.3, 0.4) is 0 Å². The molecule has 0 unspecified atom stereocenters. The molecule has 0 aromatic carbocycles. The summed E-state index contributed by atoms with van der Waals surface area (Å²) in [7, 11) is 0. The van der Waals surface area contributed by atoms with Crippen LogP contribution in [0.15, 0.2) is 0 Å². The van der Waals surface area contributed by atoms with Gasteiger partial charge in [0.25, 0.3) is 0 Å². The van der Waals surface area contributed by atoms with Crippen LogP contribution in [0.5, 0.6) is 0 Å². The average molecular weight is 216 g/mol. The molecule has 0 saturated heterocycles. The Labute approximate surface area is 91.0 Å². The minimum absolute atomic E-state index is 0. The molecular formula is C9H19Y-. The molecule has 1 radical (unpaired) electrons. The van der Waals surface area contributed by atoms with Crippen LogP contribution in [0.4, 0.5) is 0 Å². The standard InChI is InChI=1S/C9H19.Y/c1-6-8(3)9(4,5)7-2;/h6-7H2,1-5H3;/q-1;. The first-order chi connectivity index (χ1) is 4.04. The molecule has 0 rings (SSSR count). The molecule has 0 nitrogen and oxygen atoms in total. The third kappa shape index (κ3) is 4.08. The van der Waals surface area contributed by atoms with Gasteiger partial charge in [0.05, 0.1) is 0 Å². The van der Waals surface area contributed by atoms with Crippen molar-refractivity contribution in [2.75, 3.05) is 0 Å². The molecule has 0 amide bonds. The minimum Gasteiger partial charge on any atom is -0.311 e. The van der Waals surface area contributed by atoms with Crippen LogP contribution in [-0.2, 0) is 32.7 Å². The van der Waals surface area contributed by atoms with Gasteiger partial charge in [-0.15, -0.1) is 0 Å². The van der Waals surface area contributed by atoms with Crippen molar-refractivity contribution in [1.82, 2.24) is 0 Å². The second kappa shape index (κ2) is 5.72. The molecule has 0 bridgehead atoms. The van der Waals surface area contributed by atoms with Gasteiger partial charge < -0.3 is 5.92 Å². The third-order valence-electron chi connectivity index (χ3n) is 2.57. The quantitative estimate of drug-likeness (QED) is 0.634. The normalized spacial score (nSPS) is 11.4. The first kappa shape index (κ1) is 13.7. The van der Waals surface area contributed by atoms with Crippen molar-refractivity contribution in [2.45, 2.75) is 47.5 Å². The van der Waals surface area contributed by atoms with Crippen molar-refractivity contribution < 1.29 is 32.7 Å². The monoisotopic (exact) mass is 216 g/mol. The molecule has 0 heterocycles. The second-order valence-electron chi connectivity index (χ2n) is 3.37. The van der Waals surface area contributed by atoms with Gasteiger partial charge in [0.15, 0.2) is 0 Å². The Bertz CT molecular complexity index is 76.8. The fourth-order valence-electron chi connectivity index (χ4n) is 0.780. The van der Waals surface area contributed by atoms with Crippen molar-refractivity contribution in [3.05, 3.63) is 5.92 Å². The molecular weight excluding hydrogens is 197 g/mol. The first-order valence-corrected chi connectivity index (χ1v) is 3.87. The first-order valence-electron chi connectivity index (χ1n) is 3.87. The van der Waals surface area contributed by atoms with Gasteiger partial charge in [0.1, 0.15) is 0 Å². The van der Waals surface area contributed by atoms with Gasteiger partial charge in [-0.25, -0.2) is 0 Å². The maximum Gasteiger partial charge on any atom is 0 e. The molecule has 0 aromatic heterocycles. The average Bonchev–Trinajstić information content (AvgIpc) is 1.86. The fourth-order valence-corrected chi connectivity index (χ4v) is 0.780. The van der Waals surface area contributed by atoms with Crippen LogP contribution in [0.1, 0.15) is 47.5 Å². The summed E-state index contributed by atoms with van der Waals surface area (Å²) in [4.78, 5) is 0. The molecule has 0 atom stereocenters. The molecule has 0 saturated carbocycles. The zero-order valence-electron chi connectivity index (χ0n) is 7.99. The molecule has 0 aromatic rings. The minimum atomic E-state index is 0. The van der Waals surface area contributed by atoms with Crippen molar-refractivity contribution in [3.8, 4) is 0 Å². The van der Waals surface area contributed by atoms with Gasteiger partial charge >= 0.3 is 0 Å². The van der Waals surface area contributed by atoms with Crippen molar-refractivity contribution >= 4 is 0 Å². The Morgan fingerprint density at radius 3 is 1.70 bits per heavy atom. The number of rotatable bonds is 3. The van der Waals surface area contributed by atoms with E-state index >= 15 is 0 Å². The Balaban J connectivity index is 0. The van der Waals surface area contributed by atoms with E-state index in [4.69, 9.17) is 0 Å². The van der Waals surface area contributed by atoms with Crippen LogP contribution >= 0.6 is 0 Å². The maximum absolute atomic E-state index is 2.31. The molecule has 0 fully saturated rings. The van der Waals surface area contributed by atoms with Crippen molar-refractivity contribution in [3.63, 3.8) is 0 Å². The summed E-state index contributed by atoms with van der Waals surface area (Å²) in [5, 5.41) is 0. The van der Waals surface area contributed by atoms with E-state index < -0.39 is 0 Å². The van der Waals surface area contributed by atoms with E-state index in [-0.39, 0.29) is 32.7 Å². The van der Waals surface area contributed by atoms with Crippen LogP contribution in [0, 0.1) is 11.3 Å². The van der Waals surface area contributed by atoms with Gasteiger partial charge in [-0.1, -0.05) is 34.1 Å². The Hall–Kier alpha value is 1.10. The second-order valence-corrected chi connectivity index (χ2v) is 3.37. The zero-order valence-corrected chi connectivity index (χ0v) is 10.8. The molecule has 1 heteroatoms. The predicted molar refractivity (Wildman–Crippen MR) is 43.3 cm³/mol. The summed E-state index contributed by atoms with van der Waals surface area (Å²) in [6.07, 6.45) is 2.48. The van der Waals surface area contributed by atoms with E-state index in [2.05, 4.69) is 34.6 Å². The van der Waals surface area contributed by atoms with Crippen LogP contribution in [0.2, 0.25) is 0 Å². The van der Waals surface area contributed by atoms with Gasteiger partial charge in [-0.2, -0.15) is 18.8 Å². The molecule has 0 aliphatic heterocycles. The molecule has 0 aliphatic rings. The van der Waals surface area contributed by atoms with E-state index in [0.717, 1.165) is 0 Å². The molecule has 0 aliphatic carbocycles. The SMILES string of the molecule is CC[C-](C)C(C)(C)CC.[Y]. The zero-order chi connectivity index (χ0) is 7.49.